The molecular formula is C11H10BrClN2S. The zero-order valence-corrected chi connectivity index (χ0v) is 11.6. The Labute approximate surface area is 112 Å². The van der Waals surface area contributed by atoms with Gasteiger partial charge >= 0.3 is 0 Å². The van der Waals surface area contributed by atoms with Gasteiger partial charge in [-0.05, 0) is 18.7 Å². The summed E-state index contributed by atoms with van der Waals surface area (Å²) in [5, 5.41) is 0.945. The van der Waals surface area contributed by atoms with Crippen LogP contribution >= 0.6 is 38.9 Å². The molecule has 0 unspecified atom stereocenters. The van der Waals surface area contributed by atoms with Crippen molar-refractivity contribution in [3.63, 3.8) is 0 Å². The van der Waals surface area contributed by atoms with Crippen molar-refractivity contribution in [1.29, 1.82) is 0 Å². The summed E-state index contributed by atoms with van der Waals surface area (Å²) in [4.78, 5) is 4.49. The second kappa shape index (κ2) is 5.27. The minimum Gasteiger partial charge on any atom is -0.330 e. The highest BCUT2D eigenvalue weighted by Gasteiger charge is 2.09. The van der Waals surface area contributed by atoms with E-state index in [1.165, 1.54) is 11.3 Å². The van der Waals surface area contributed by atoms with Crippen LogP contribution in [-0.4, -0.2) is 11.5 Å². The summed E-state index contributed by atoms with van der Waals surface area (Å²) < 4.78 is 1.80. The standard InChI is InChI=1S/C11H10BrClN2S/c12-8-3-1-7(2-4-8)11-15-9(5-6-14)10(13)16-11/h1-4H,5-6,14H2. The average Bonchev–Trinajstić information content (AvgIpc) is 2.62. The van der Waals surface area contributed by atoms with Crippen molar-refractivity contribution >= 4 is 38.9 Å². The van der Waals surface area contributed by atoms with Gasteiger partial charge in [0.25, 0.3) is 0 Å². The van der Waals surface area contributed by atoms with Gasteiger partial charge < -0.3 is 5.73 Å². The molecule has 2 nitrogen and oxygen atoms in total. The largest absolute Gasteiger partial charge is 0.330 e. The molecule has 0 bridgehead atoms. The first kappa shape index (κ1) is 12.0. The lowest BCUT2D eigenvalue weighted by atomic mass is 10.2. The number of thiazole rings is 1. The van der Waals surface area contributed by atoms with Gasteiger partial charge in [0.2, 0.25) is 0 Å². The predicted octanol–water partition coefficient (Wildman–Crippen LogP) is 3.73. The second-order valence-electron chi connectivity index (χ2n) is 3.28. The van der Waals surface area contributed by atoms with Crippen LogP contribution in [0.25, 0.3) is 10.6 Å². The molecule has 2 aromatic rings. The molecule has 0 aliphatic carbocycles. The number of halogens is 2. The van der Waals surface area contributed by atoms with E-state index in [-0.39, 0.29) is 0 Å². The number of hydrogen-bond acceptors (Lipinski definition) is 3. The summed E-state index contributed by atoms with van der Waals surface area (Å²) in [6.45, 7) is 0.573. The maximum atomic E-state index is 6.10. The van der Waals surface area contributed by atoms with E-state index in [0.29, 0.717) is 6.54 Å². The van der Waals surface area contributed by atoms with E-state index in [1.807, 2.05) is 24.3 Å². The Kier molecular flexibility index (Phi) is 3.97. The van der Waals surface area contributed by atoms with E-state index in [4.69, 9.17) is 17.3 Å². The molecule has 84 valence electrons. The van der Waals surface area contributed by atoms with Crippen LogP contribution in [0.2, 0.25) is 4.34 Å². The molecule has 16 heavy (non-hydrogen) atoms. The second-order valence-corrected chi connectivity index (χ2v) is 5.80. The highest BCUT2D eigenvalue weighted by atomic mass is 79.9. The SMILES string of the molecule is NCCc1nc(-c2ccc(Br)cc2)sc1Cl. The zero-order valence-electron chi connectivity index (χ0n) is 8.41. The van der Waals surface area contributed by atoms with Crippen LogP contribution in [0.1, 0.15) is 5.69 Å². The molecule has 2 rings (SSSR count). The van der Waals surface area contributed by atoms with Gasteiger partial charge in [-0.15, -0.1) is 11.3 Å². The molecular weight excluding hydrogens is 308 g/mol. The lowest BCUT2D eigenvalue weighted by molar-refractivity contribution is 0.937. The van der Waals surface area contributed by atoms with Crippen molar-refractivity contribution < 1.29 is 0 Å². The highest BCUT2D eigenvalue weighted by molar-refractivity contribution is 9.10. The van der Waals surface area contributed by atoms with E-state index >= 15 is 0 Å². The fourth-order valence-electron chi connectivity index (χ4n) is 1.34. The Morgan fingerprint density at radius 1 is 1.31 bits per heavy atom. The van der Waals surface area contributed by atoms with Gasteiger partial charge in [-0.2, -0.15) is 0 Å². The lowest BCUT2D eigenvalue weighted by Crippen LogP contribution is -2.03. The van der Waals surface area contributed by atoms with Crippen molar-refractivity contribution in [3.05, 3.63) is 38.8 Å². The number of hydrogen-bond donors (Lipinski definition) is 1. The molecule has 0 fully saturated rings. The first-order chi connectivity index (χ1) is 7.70. The van der Waals surface area contributed by atoms with Gasteiger partial charge in [-0.3, -0.25) is 0 Å². The highest BCUT2D eigenvalue weighted by Crippen LogP contribution is 2.32. The van der Waals surface area contributed by atoms with Gasteiger partial charge in [0, 0.05) is 16.5 Å². The lowest BCUT2D eigenvalue weighted by Gasteiger charge is -1.95. The molecule has 0 aliphatic heterocycles. The topological polar surface area (TPSA) is 38.9 Å². The molecule has 0 amide bonds. The smallest absolute Gasteiger partial charge is 0.125 e. The van der Waals surface area contributed by atoms with Crippen LogP contribution in [0, 0.1) is 0 Å². The first-order valence-electron chi connectivity index (χ1n) is 4.82. The number of rotatable bonds is 3. The summed E-state index contributed by atoms with van der Waals surface area (Å²) in [5.41, 5.74) is 7.47. The number of aromatic nitrogens is 1. The molecule has 1 heterocycles. The molecule has 0 spiro atoms. The van der Waals surface area contributed by atoms with Crippen molar-refractivity contribution in [2.75, 3.05) is 6.54 Å². The minimum absolute atomic E-state index is 0.573. The Morgan fingerprint density at radius 2 is 2.00 bits per heavy atom. The Balaban J connectivity index is 2.33. The van der Waals surface area contributed by atoms with E-state index in [2.05, 4.69) is 20.9 Å². The van der Waals surface area contributed by atoms with Crippen molar-refractivity contribution in [2.24, 2.45) is 5.73 Å². The summed E-state index contributed by atoms with van der Waals surface area (Å²) in [6, 6.07) is 8.03. The van der Waals surface area contributed by atoms with E-state index in [9.17, 15) is 0 Å². The third-order valence-electron chi connectivity index (χ3n) is 2.12. The van der Waals surface area contributed by atoms with Crippen molar-refractivity contribution in [2.45, 2.75) is 6.42 Å². The maximum absolute atomic E-state index is 6.10. The molecule has 1 aromatic carbocycles. The van der Waals surface area contributed by atoms with E-state index < -0.39 is 0 Å². The Morgan fingerprint density at radius 3 is 2.62 bits per heavy atom. The summed E-state index contributed by atoms with van der Waals surface area (Å²) in [5.74, 6) is 0. The molecule has 0 radical (unpaired) electrons. The summed E-state index contributed by atoms with van der Waals surface area (Å²) in [6.07, 6.45) is 0.728. The Bertz CT molecular complexity index is 481. The monoisotopic (exact) mass is 316 g/mol. The first-order valence-corrected chi connectivity index (χ1v) is 6.80. The summed E-state index contributed by atoms with van der Waals surface area (Å²) >= 11 is 11.0. The molecule has 1 aromatic heterocycles. The van der Waals surface area contributed by atoms with Crippen LogP contribution in [-0.2, 0) is 6.42 Å². The van der Waals surface area contributed by atoms with Gasteiger partial charge in [0.05, 0.1) is 5.69 Å². The fourth-order valence-corrected chi connectivity index (χ4v) is 2.81. The van der Waals surface area contributed by atoms with Gasteiger partial charge in [-0.1, -0.05) is 39.7 Å². The van der Waals surface area contributed by atoms with Crippen LogP contribution in [0.3, 0.4) is 0 Å². The van der Waals surface area contributed by atoms with Crippen molar-refractivity contribution in [3.8, 4) is 10.6 Å². The zero-order chi connectivity index (χ0) is 11.5. The van der Waals surface area contributed by atoms with Crippen molar-refractivity contribution in [1.82, 2.24) is 4.98 Å². The molecule has 0 aliphatic rings. The molecule has 5 heteroatoms. The number of benzene rings is 1. The predicted molar refractivity (Wildman–Crippen MR) is 73.0 cm³/mol. The third kappa shape index (κ3) is 2.63. The molecule has 2 N–H and O–H groups in total. The molecule has 0 saturated carbocycles. The van der Waals surface area contributed by atoms with Crippen LogP contribution in [0.5, 0.6) is 0 Å². The summed E-state index contributed by atoms with van der Waals surface area (Å²) in [7, 11) is 0. The average molecular weight is 318 g/mol. The molecule has 0 saturated heterocycles. The normalized spacial score (nSPS) is 10.7. The minimum atomic E-state index is 0.573. The van der Waals surface area contributed by atoms with Gasteiger partial charge in [0.15, 0.2) is 0 Å². The van der Waals surface area contributed by atoms with Crippen LogP contribution in [0.4, 0.5) is 0 Å². The maximum Gasteiger partial charge on any atom is 0.125 e. The number of nitrogens with two attached hydrogens (primary N) is 1. The quantitative estimate of drug-likeness (QED) is 0.937. The van der Waals surface area contributed by atoms with Gasteiger partial charge in [0.1, 0.15) is 9.34 Å². The number of nitrogens with zero attached hydrogens (tertiary/aromatic N) is 1. The van der Waals surface area contributed by atoms with E-state index in [0.717, 1.165) is 31.5 Å². The van der Waals surface area contributed by atoms with Crippen LogP contribution < -0.4 is 5.73 Å². The van der Waals surface area contributed by atoms with Gasteiger partial charge in [-0.25, -0.2) is 4.98 Å². The molecule has 0 atom stereocenters. The van der Waals surface area contributed by atoms with Crippen LogP contribution in [0.15, 0.2) is 28.7 Å². The van der Waals surface area contributed by atoms with E-state index in [1.54, 1.807) is 0 Å². The fraction of sp³-hybridized carbons (Fsp3) is 0.182. The third-order valence-corrected chi connectivity index (χ3v) is 4.04. The Hall–Kier alpha value is -0.420.